The van der Waals surface area contributed by atoms with E-state index in [1.54, 1.807) is 29.2 Å². The number of aliphatic hydroxyl groups excluding tert-OH is 1. The SMILES string of the molecule is CC(C)(C)CN(CCCO)C(=O)Nc1ccccc1C#N. The van der Waals surface area contributed by atoms with Crippen LogP contribution in [-0.2, 0) is 0 Å². The standard InChI is InChI=1S/C16H23N3O2/c1-16(2,3)12-19(9-6-10-20)15(21)18-14-8-5-4-7-13(14)11-17/h4-5,7-8,20H,6,9-10,12H2,1-3H3,(H,18,21). The van der Waals surface area contributed by atoms with Crippen LogP contribution < -0.4 is 5.32 Å². The number of carbonyl (C=O) groups is 1. The van der Waals surface area contributed by atoms with Gasteiger partial charge in [0, 0.05) is 19.7 Å². The van der Waals surface area contributed by atoms with E-state index in [0.29, 0.717) is 30.8 Å². The highest BCUT2D eigenvalue weighted by atomic mass is 16.3. The molecule has 0 fully saturated rings. The van der Waals surface area contributed by atoms with Gasteiger partial charge in [0.25, 0.3) is 0 Å². The van der Waals surface area contributed by atoms with Crippen molar-refractivity contribution >= 4 is 11.7 Å². The maximum absolute atomic E-state index is 12.4. The molecule has 0 unspecified atom stereocenters. The summed E-state index contributed by atoms with van der Waals surface area (Å²) in [5.74, 6) is 0. The maximum Gasteiger partial charge on any atom is 0.321 e. The van der Waals surface area contributed by atoms with Crippen molar-refractivity contribution in [2.24, 2.45) is 5.41 Å². The van der Waals surface area contributed by atoms with Gasteiger partial charge in [-0.25, -0.2) is 4.79 Å². The van der Waals surface area contributed by atoms with Crippen LogP contribution in [0.15, 0.2) is 24.3 Å². The Morgan fingerprint density at radius 3 is 2.62 bits per heavy atom. The number of nitriles is 1. The first-order chi connectivity index (χ1) is 9.87. The van der Waals surface area contributed by atoms with E-state index < -0.39 is 0 Å². The number of amides is 2. The van der Waals surface area contributed by atoms with E-state index in [4.69, 9.17) is 10.4 Å². The second kappa shape index (κ2) is 7.65. The molecule has 114 valence electrons. The molecule has 0 radical (unpaired) electrons. The minimum absolute atomic E-state index is 0.0401. The Morgan fingerprint density at radius 2 is 2.05 bits per heavy atom. The van der Waals surface area contributed by atoms with Gasteiger partial charge in [-0.2, -0.15) is 5.26 Å². The summed E-state index contributed by atoms with van der Waals surface area (Å²) in [5.41, 5.74) is 0.901. The third-order valence-electron chi connectivity index (χ3n) is 2.83. The van der Waals surface area contributed by atoms with Crippen LogP contribution in [0.5, 0.6) is 0 Å². The molecule has 21 heavy (non-hydrogen) atoms. The van der Waals surface area contributed by atoms with Gasteiger partial charge in [-0.1, -0.05) is 32.9 Å². The molecule has 1 aromatic rings. The molecule has 0 heterocycles. The highest BCUT2D eigenvalue weighted by Crippen LogP contribution is 2.18. The van der Waals surface area contributed by atoms with Crippen LogP contribution in [0.25, 0.3) is 0 Å². The lowest BCUT2D eigenvalue weighted by atomic mass is 9.96. The van der Waals surface area contributed by atoms with Crippen molar-refractivity contribution in [2.45, 2.75) is 27.2 Å². The normalized spacial score (nSPS) is 10.8. The summed E-state index contributed by atoms with van der Waals surface area (Å²) in [4.78, 5) is 14.1. The van der Waals surface area contributed by atoms with Crippen molar-refractivity contribution in [2.75, 3.05) is 25.0 Å². The molecule has 0 aliphatic heterocycles. The summed E-state index contributed by atoms with van der Waals surface area (Å²) in [6, 6.07) is 8.71. The second-order valence-corrected chi connectivity index (χ2v) is 6.15. The molecule has 2 N–H and O–H groups in total. The molecule has 2 amide bonds. The first-order valence-electron chi connectivity index (χ1n) is 7.03. The fraction of sp³-hybridized carbons (Fsp3) is 0.500. The van der Waals surface area contributed by atoms with Crippen molar-refractivity contribution in [3.05, 3.63) is 29.8 Å². The number of anilines is 1. The number of benzene rings is 1. The smallest absolute Gasteiger partial charge is 0.321 e. The molecule has 0 atom stereocenters. The number of nitrogens with one attached hydrogen (secondary N) is 1. The van der Waals surface area contributed by atoms with E-state index in [9.17, 15) is 4.79 Å². The Labute approximate surface area is 126 Å². The fourth-order valence-electron chi connectivity index (χ4n) is 1.97. The number of hydrogen-bond donors (Lipinski definition) is 2. The van der Waals surface area contributed by atoms with Crippen LogP contribution >= 0.6 is 0 Å². The van der Waals surface area contributed by atoms with Crippen LogP contribution in [0.3, 0.4) is 0 Å². The number of aliphatic hydroxyl groups is 1. The number of nitrogens with zero attached hydrogens (tertiary/aromatic N) is 2. The van der Waals surface area contributed by atoms with Gasteiger partial charge in [0.15, 0.2) is 0 Å². The molecular weight excluding hydrogens is 266 g/mol. The zero-order chi connectivity index (χ0) is 15.9. The van der Waals surface area contributed by atoms with Crippen molar-refractivity contribution < 1.29 is 9.90 Å². The monoisotopic (exact) mass is 289 g/mol. The van der Waals surface area contributed by atoms with E-state index in [1.165, 1.54) is 0 Å². The van der Waals surface area contributed by atoms with Crippen LogP contribution in [0.2, 0.25) is 0 Å². The molecule has 0 saturated heterocycles. The van der Waals surface area contributed by atoms with Crippen LogP contribution in [0, 0.1) is 16.7 Å². The van der Waals surface area contributed by atoms with Gasteiger partial charge in [0.1, 0.15) is 6.07 Å². The van der Waals surface area contributed by atoms with E-state index in [-0.39, 0.29) is 18.1 Å². The van der Waals surface area contributed by atoms with Gasteiger partial charge in [-0.15, -0.1) is 0 Å². The zero-order valence-electron chi connectivity index (χ0n) is 12.9. The second-order valence-electron chi connectivity index (χ2n) is 6.15. The van der Waals surface area contributed by atoms with Crippen LogP contribution in [0.1, 0.15) is 32.8 Å². The summed E-state index contributed by atoms with van der Waals surface area (Å²) in [6.45, 7) is 7.25. The van der Waals surface area contributed by atoms with Gasteiger partial charge >= 0.3 is 6.03 Å². The van der Waals surface area contributed by atoms with E-state index in [0.717, 1.165) is 0 Å². The average Bonchev–Trinajstić information content (AvgIpc) is 2.42. The van der Waals surface area contributed by atoms with E-state index in [2.05, 4.69) is 32.2 Å². The fourth-order valence-corrected chi connectivity index (χ4v) is 1.97. The maximum atomic E-state index is 12.4. The third-order valence-corrected chi connectivity index (χ3v) is 2.83. The van der Waals surface area contributed by atoms with Gasteiger partial charge in [0.05, 0.1) is 11.3 Å². The minimum Gasteiger partial charge on any atom is -0.396 e. The third kappa shape index (κ3) is 5.84. The summed E-state index contributed by atoms with van der Waals surface area (Å²) >= 11 is 0. The molecule has 1 aromatic carbocycles. The number of rotatable bonds is 5. The highest BCUT2D eigenvalue weighted by Gasteiger charge is 2.21. The quantitative estimate of drug-likeness (QED) is 0.875. The topological polar surface area (TPSA) is 76.4 Å². The lowest BCUT2D eigenvalue weighted by Crippen LogP contribution is -2.41. The molecule has 0 saturated carbocycles. The Kier molecular flexibility index (Phi) is 6.19. The number of para-hydroxylation sites is 1. The molecule has 0 aliphatic rings. The van der Waals surface area contributed by atoms with Crippen LogP contribution in [0.4, 0.5) is 10.5 Å². The first kappa shape index (κ1) is 17.0. The molecule has 1 rings (SSSR count). The summed E-state index contributed by atoms with van der Waals surface area (Å²) < 4.78 is 0. The molecule has 0 spiro atoms. The Hall–Kier alpha value is -2.06. The lowest BCUT2D eigenvalue weighted by molar-refractivity contribution is 0.176. The predicted octanol–water partition coefficient (Wildman–Crippen LogP) is 2.82. The number of urea groups is 1. The number of carbonyl (C=O) groups excluding carboxylic acids is 1. The van der Waals surface area contributed by atoms with E-state index >= 15 is 0 Å². The van der Waals surface area contributed by atoms with Crippen molar-refractivity contribution in [3.63, 3.8) is 0 Å². The largest absolute Gasteiger partial charge is 0.396 e. The molecule has 0 aliphatic carbocycles. The number of hydrogen-bond acceptors (Lipinski definition) is 3. The molecule has 0 bridgehead atoms. The van der Waals surface area contributed by atoms with Crippen LogP contribution in [-0.4, -0.2) is 35.7 Å². The molecule has 5 nitrogen and oxygen atoms in total. The summed E-state index contributed by atoms with van der Waals surface area (Å²) in [6.07, 6.45) is 0.531. The highest BCUT2D eigenvalue weighted by molar-refractivity contribution is 5.90. The molecule has 5 heteroatoms. The Bertz CT molecular complexity index is 515. The average molecular weight is 289 g/mol. The summed E-state index contributed by atoms with van der Waals surface area (Å²) in [5, 5.41) is 20.8. The Morgan fingerprint density at radius 1 is 1.38 bits per heavy atom. The lowest BCUT2D eigenvalue weighted by Gasteiger charge is -2.30. The van der Waals surface area contributed by atoms with E-state index in [1.807, 2.05) is 0 Å². The van der Waals surface area contributed by atoms with Gasteiger partial charge < -0.3 is 15.3 Å². The Balaban J connectivity index is 2.83. The molecule has 0 aromatic heterocycles. The van der Waals surface area contributed by atoms with Gasteiger partial charge in [-0.05, 0) is 24.0 Å². The zero-order valence-corrected chi connectivity index (χ0v) is 12.9. The van der Waals surface area contributed by atoms with Crippen molar-refractivity contribution in [3.8, 4) is 6.07 Å². The first-order valence-corrected chi connectivity index (χ1v) is 7.03. The van der Waals surface area contributed by atoms with Gasteiger partial charge in [0.2, 0.25) is 0 Å². The molecular formula is C16H23N3O2. The predicted molar refractivity (Wildman–Crippen MR) is 82.9 cm³/mol. The minimum atomic E-state index is -0.249. The van der Waals surface area contributed by atoms with Gasteiger partial charge in [-0.3, -0.25) is 0 Å². The summed E-state index contributed by atoms with van der Waals surface area (Å²) in [7, 11) is 0. The van der Waals surface area contributed by atoms with Crippen molar-refractivity contribution in [1.29, 1.82) is 5.26 Å². The van der Waals surface area contributed by atoms with Crippen molar-refractivity contribution in [1.82, 2.24) is 4.90 Å².